The minimum Gasteiger partial charge on any atom is -0.394 e. The molecule has 1 heterocycles. The van der Waals surface area contributed by atoms with Gasteiger partial charge in [-0.25, -0.2) is 0 Å². The molecule has 4 N–H and O–H groups in total. The van der Waals surface area contributed by atoms with Crippen molar-refractivity contribution in [3.05, 3.63) is 154 Å². The third-order valence-corrected chi connectivity index (χ3v) is 8.15. The molecule has 1 fully saturated rings. The second kappa shape index (κ2) is 25.4. The van der Waals surface area contributed by atoms with Crippen molar-refractivity contribution in [2.45, 2.75) is 125 Å². The summed E-state index contributed by atoms with van der Waals surface area (Å²) in [5.41, 5.74) is 7.74. The minimum absolute atomic E-state index is 0.480. The van der Waals surface area contributed by atoms with Crippen LogP contribution in [0.15, 0.2) is 154 Å². The lowest BCUT2D eigenvalue weighted by Crippen LogP contribution is -2.60. The molecule has 5 unspecified atom stereocenters. The Morgan fingerprint density at radius 2 is 0.962 bits per heavy atom. The van der Waals surface area contributed by atoms with Crippen LogP contribution in [0.1, 0.15) is 88.5 Å². The quantitative estimate of drug-likeness (QED) is 0.0995. The first-order chi connectivity index (χ1) is 24.5. The van der Waals surface area contributed by atoms with E-state index < -0.39 is 42.9 Å². The Morgan fingerprint density at radius 1 is 0.558 bits per heavy atom. The first-order valence-corrected chi connectivity index (χ1v) is 18.2. The molecule has 52 heavy (non-hydrogen) atoms. The Balaban J connectivity index is 2.52. The number of rotatable bonds is 19. The summed E-state index contributed by atoms with van der Waals surface area (Å²) in [7, 11) is 0. The highest BCUT2D eigenvalue weighted by atomic mass is 16.7. The molecule has 0 spiro atoms. The second-order valence-corrected chi connectivity index (χ2v) is 14.4. The van der Waals surface area contributed by atoms with Gasteiger partial charge in [0.05, 0.1) is 12.2 Å². The molecule has 1 rings (SSSR count). The van der Waals surface area contributed by atoms with Gasteiger partial charge in [-0.15, -0.1) is 0 Å². The van der Waals surface area contributed by atoms with Crippen LogP contribution in [0.4, 0.5) is 0 Å². The number of hydrogen-bond donors (Lipinski definition) is 4. The highest BCUT2D eigenvalue weighted by molar-refractivity contribution is 5.33. The Kier molecular flexibility index (Phi) is 22.6. The molecular weight excluding hydrogens is 649 g/mol. The van der Waals surface area contributed by atoms with Crippen molar-refractivity contribution in [2.75, 3.05) is 6.61 Å². The van der Waals surface area contributed by atoms with Crippen molar-refractivity contribution in [3.63, 3.8) is 0 Å². The van der Waals surface area contributed by atoms with E-state index in [-0.39, 0.29) is 0 Å². The van der Waals surface area contributed by atoms with Crippen LogP contribution >= 0.6 is 0 Å². The first kappa shape index (κ1) is 46.4. The van der Waals surface area contributed by atoms with E-state index in [1.54, 1.807) is 0 Å². The molecule has 0 aromatic carbocycles. The lowest BCUT2D eigenvalue weighted by Gasteiger charge is -2.42. The minimum atomic E-state index is -1.45. The molecular formula is C46H66O6. The molecule has 1 saturated heterocycles. The smallest absolute Gasteiger partial charge is 0.187 e. The zero-order valence-corrected chi connectivity index (χ0v) is 33.3. The van der Waals surface area contributed by atoms with Crippen molar-refractivity contribution in [2.24, 2.45) is 0 Å². The molecule has 0 aliphatic carbocycles. The fourth-order valence-corrected chi connectivity index (χ4v) is 4.92. The third kappa shape index (κ3) is 21.0. The Morgan fingerprint density at radius 3 is 1.38 bits per heavy atom. The van der Waals surface area contributed by atoms with Crippen molar-refractivity contribution in [3.8, 4) is 0 Å². The standard InChI is InChI=1S/C46H66O6/c1-34(2)19-13-22-37(5)25-16-28-38(6)26-14-23-35(3)20-11-12-21-36(4)24-15-27-39(7)29-17-30-40(8)31-18-32-46(9,10)52-45-44(50)43(49)42(48)41(33-47)51-45/h11-17,19-30,41-45,47-50H,18,31-33H2,1-10H3. The van der Waals surface area contributed by atoms with Gasteiger partial charge in [0.25, 0.3) is 0 Å². The van der Waals surface area contributed by atoms with E-state index in [9.17, 15) is 20.4 Å². The lowest BCUT2D eigenvalue weighted by atomic mass is 9.96. The zero-order chi connectivity index (χ0) is 39.1. The van der Waals surface area contributed by atoms with Crippen LogP contribution in [-0.4, -0.2) is 63.3 Å². The number of allylic oxidation sites excluding steroid dienone is 26. The molecule has 1 aliphatic heterocycles. The Hall–Kier alpha value is -3.62. The van der Waals surface area contributed by atoms with Crippen LogP contribution in [0.5, 0.6) is 0 Å². The largest absolute Gasteiger partial charge is 0.394 e. The molecule has 0 aromatic rings. The van der Waals surface area contributed by atoms with Crippen LogP contribution in [0.2, 0.25) is 0 Å². The first-order valence-electron chi connectivity index (χ1n) is 18.2. The van der Waals surface area contributed by atoms with Crippen LogP contribution < -0.4 is 0 Å². The summed E-state index contributed by atoms with van der Waals surface area (Å²) in [5, 5.41) is 39.7. The predicted octanol–water partition coefficient (Wildman–Crippen LogP) is 9.73. The number of aliphatic hydroxyl groups is 4. The maximum Gasteiger partial charge on any atom is 0.187 e. The molecule has 0 bridgehead atoms. The second-order valence-electron chi connectivity index (χ2n) is 14.4. The SMILES string of the molecule is CC(C)=CC=CC(C)=CC=CC(C)=CC=CC(C)=CC=CC=C(C)C=CC=C(C)C=CC=C(C)CCCC(C)(C)OC1OC(CO)C(O)C(O)C1O. The molecule has 1 aliphatic rings. The summed E-state index contributed by atoms with van der Waals surface area (Å²) < 4.78 is 11.4. The zero-order valence-electron chi connectivity index (χ0n) is 33.3. The predicted molar refractivity (Wildman–Crippen MR) is 220 cm³/mol. The average molecular weight is 715 g/mol. The van der Waals surface area contributed by atoms with Gasteiger partial charge in [-0.05, 0) is 88.5 Å². The number of aliphatic hydroxyl groups excluding tert-OH is 4. The fraction of sp³-hybridized carbons (Fsp3) is 0.435. The van der Waals surface area contributed by atoms with Gasteiger partial charge in [0.2, 0.25) is 0 Å². The maximum atomic E-state index is 10.3. The van der Waals surface area contributed by atoms with Crippen molar-refractivity contribution < 1.29 is 29.9 Å². The van der Waals surface area contributed by atoms with E-state index >= 15 is 0 Å². The molecule has 6 nitrogen and oxygen atoms in total. The van der Waals surface area contributed by atoms with Gasteiger partial charge in [0.1, 0.15) is 24.4 Å². The molecule has 0 saturated carbocycles. The van der Waals surface area contributed by atoms with E-state index in [1.807, 2.05) is 19.9 Å². The van der Waals surface area contributed by atoms with Crippen molar-refractivity contribution in [1.29, 1.82) is 0 Å². The highest BCUT2D eigenvalue weighted by Gasteiger charge is 2.45. The molecule has 5 atom stereocenters. The topological polar surface area (TPSA) is 99.4 Å². The average Bonchev–Trinajstić information content (AvgIpc) is 3.06. The molecule has 6 heteroatoms. The third-order valence-electron chi connectivity index (χ3n) is 8.15. The van der Waals surface area contributed by atoms with Crippen molar-refractivity contribution >= 4 is 0 Å². The molecule has 0 radical (unpaired) electrons. The summed E-state index contributed by atoms with van der Waals surface area (Å²) in [6, 6.07) is 0. The van der Waals surface area contributed by atoms with E-state index in [2.05, 4.69) is 165 Å². The molecule has 0 amide bonds. The monoisotopic (exact) mass is 714 g/mol. The van der Waals surface area contributed by atoms with Gasteiger partial charge in [-0.3, -0.25) is 0 Å². The number of ether oxygens (including phenoxy) is 2. The van der Waals surface area contributed by atoms with Crippen LogP contribution in [0.3, 0.4) is 0 Å². The summed E-state index contributed by atoms with van der Waals surface area (Å²) in [5.74, 6) is 0. The van der Waals surface area contributed by atoms with E-state index in [0.29, 0.717) is 6.42 Å². The van der Waals surface area contributed by atoms with Crippen LogP contribution in [-0.2, 0) is 9.47 Å². The number of hydrogen-bond acceptors (Lipinski definition) is 6. The van der Waals surface area contributed by atoms with Gasteiger partial charge in [0.15, 0.2) is 6.29 Å². The fourth-order valence-electron chi connectivity index (χ4n) is 4.92. The highest BCUT2D eigenvalue weighted by Crippen LogP contribution is 2.28. The van der Waals surface area contributed by atoms with Gasteiger partial charge < -0.3 is 29.9 Å². The Bertz CT molecular complexity index is 1490. The van der Waals surface area contributed by atoms with E-state index in [0.717, 1.165) is 24.0 Å². The summed E-state index contributed by atoms with van der Waals surface area (Å²) >= 11 is 0. The normalized spacial score (nSPS) is 23.9. The summed E-state index contributed by atoms with van der Waals surface area (Å²) in [6.07, 6.45) is 35.7. The van der Waals surface area contributed by atoms with Crippen LogP contribution in [0.25, 0.3) is 0 Å². The van der Waals surface area contributed by atoms with Gasteiger partial charge >= 0.3 is 0 Å². The van der Waals surface area contributed by atoms with Gasteiger partial charge in [-0.1, -0.05) is 154 Å². The van der Waals surface area contributed by atoms with E-state index in [1.165, 1.54) is 27.9 Å². The summed E-state index contributed by atoms with van der Waals surface area (Å²) in [6.45, 7) is 20.0. The summed E-state index contributed by atoms with van der Waals surface area (Å²) in [4.78, 5) is 0. The van der Waals surface area contributed by atoms with Gasteiger partial charge in [-0.2, -0.15) is 0 Å². The van der Waals surface area contributed by atoms with Crippen molar-refractivity contribution in [1.82, 2.24) is 0 Å². The van der Waals surface area contributed by atoms with E-state index in [4.69, 9.17) is 9.47 Å². The van der Waals surface area contributed by atoms with Crippen LogP contribution in [0, 0.1) is 0 Å². The molecule has 286 valence electrons. The molecule has 0 aromatic heterocycles. The Labute approximate surface area is 315 Å². The lowest BCUT2D eigenvalue weighted by molar-refractivity contribution is -0.323. The maximum absolute atomic E-state index is 10.3. The van der Waals surface area contributed by atoms with Gasteiger partial charge in [0, 0.05) is 0 Å².